The van der Waals surface area contributed by atoms with E-state index in [0.29, 0.717) is 6.54 Å². The molecule has 1 aromatic heterocycles. The lowest BCUT2D eigenvalue weighted by atomic mass is 10.2. The minimum atomic E-state index is -0.00538. The third-order valence-electron chi connectivity index (χ3n) is 3.07. The Hall–Kier alpha value is -2.08. The van der Waals surface area contributed by atoms with Crippen LogP contribution in [0.25, 0.3) is 10.9 Å². The average Bonchev–Trinajstić information content (AvgIpc) is 2.82. The zero-order valence-electron chi connectivity index (χ0n) is 11.9. The highest BCUT2D eigenvalue weighted by atomic mass is 16.1. The normalized spacial score (nSPS) is 10.7. The third-order valence-corrected chi connectivity index (χ3v) is 3.07. The molecule has 0 aliphatic carbocycles. The molecule has 6 heteroatoms. The Morgan fingerprint density at radius 3 is 3.00 bits per heavy atom. The number of nitrogens with zero attached hydrogens (tertiary/aromatic N) is 2. The van der Waals surface area contributed by atoms with Gasteiger partial charge in [0.2, 0.25) is 5.91 Å². The first-order valence-electron chi connectivity index (χ1n) is 6.83. The Morgan fingerprint density at radius 1 is 1.35 bits per heavy atom. The average molecular weight is 275 g/mol. The van der Waals surface area contributed by atoms with Crippen LogP contribution in [0.4, 0.5) is 5.69 Å². The van der Waals surface area contributed by atoms with Gasteiger partial charge in [-0.2, -0.15) is 5.10 Å². The maximum Gasteiger partial charge on any atom is 0.239 e. The summed E-state index contributed by atoms with van der Waals surface area (Å²) in [6, 6.07) is 5.94. The summed E-state index contributed by atoms with van der Waals surface area (Å²) >= 11 is 0. The minimum Gasteiger partial charge on any atom is -0.376 e. The van der Waals surface area contributed by atoms with Crippen LogP contribution in [0.2, 0.25) is 0 Å². The summed E-state index contributed by atoms with van der Waals surface area (Å²) in [6.07, 6.45) is 1.82. The van der Waals surface area contributed by atoms with E-state index >= 15 is 0 Å². The SMILES string of the molecule is CCNCCNC(=O)CNc1ccc2c(cnn2C)c1. The van der Waals surface area contributed by atoms with E-state index in [4.69, 9.17) is 0 Å². The van der Waals surface area contributed by atoms with Crippen molar-refractivity contribution >= 4 is 22.5 Å². The lowest BCUT2D eigenvalue weighted by molar-refractivity contribution is -0.119. The molecule has 0 saturated heterocycles. The van der Waals surface area contributed by atoms with Crippen LogP contribution in [0.3, 0.4) is 0 Å². The number of carbonyl (C=O) groups is 1. The molecule has 0 bridgehead atoms. The molecule has 108 valence electrons. The van der Waals surface area contributed by atoms with E-state index in [1.807, 2.05) is 43.0 Å². The van der Waals surface area contributed by atoms with E-state index in [1.54, 1.807) is 0 Å². The molecule has 0 fully saturated rings. The smallest absolute Gasteiger partial charge is 0.239 e. The van der Waals surface area contributed by atoms with Crippen molar-refractivity contribution in [3.05, 3.63) is 24.4 Å². The van der Waals surface area contributed by atoms with E-state index < -0.39 is 0 Å². The van der Waals surface area contributed by atoms with Gasteiger partial charge in [-0.1, -0.05) is 6.92 Å². The predicted octanol–water partition coefficient (Wildman–Crippen LogP) is 0.711. The van der Waals surface area contributed by atoms with Gasteiger partial charge in [0.25, 0.3) is 0 Å². The Bertz CT molecular complexity index is 578. The van der Waals surface area contributed by atoms with Gasteiger partial charge in [0.15, 0.2) is 0 Å². The molecule has 0 saturated carbocycles. The van der Waals surface area contributed by atoms with E-state index in [2.05, 4.69) is 21.0 Å². The van der Waals surface area contributed by atoms with Crippen molar-refractivity contribution in [1.29, 1.82) is 0 Å². The van der Waals surface area contributed by atoms with E-state index in [0.717, 1.165) is 29.7 Å². The second-order valence-corrected chi connectivity index (χ2v) is 4.60. The Morgan fingerprint density at radius 2 is 2.20 bits per heavy atom. The van der Waals surface area contributed by atoms with E-state index in [-0.39, 0.29) is 12.5 Å². The quantitative estimate of drug-likeness (QED) is 0.651. The summed E-state index contributed by atoms with van der Waals surface area (Å²) in [5.41, 5.74) is 2.00. The molecule has 20 heavy (non-hydrogen) atoms. The van der Waals surface area contributed by atoms with Crippen molar-refractivity contribution in [3.63, 3.8) is 0 Å². The molecule has 0 aliphatic rings. The summed E-state index contributed by atoms with van der Waals surface area (Å²) in [7, 11) is 1.91. The number of fused-ring (bicyclic) bond motifs is 1. The molecular formula is C14H21N5O. The van der Waals surface area contributed by atoms with Crippen LogP contribution >= 0.6 is 0 Å². The number of hydrogen-bond donors (Lipinski definition) is 3. The maximum atomic E-state index is 11.6. The van der Waals surface area contributed by atoms with Crippen molar-refractivity contribution < 1.29 is 4.79 Å². The number of amides is 1. The second-order valence-electron chi connectivity index (χ2n) is 4.60. The zero-order valence-corrected chi connectivity index (χ0v) is 11.9. The van der Waals surface area contributed by atoms with Gasteiger partial charge in [-0.3, -0.25) is 9.48 Å². The number of nitrogens with one attached hydrogen (secondary N) is 3. The Labute approximate surface area is 118 Å². The molecule has 3 N–H and O–H groups in total. The molecular weight excluding hydrogens is 254 g/mol. The van der Waals surface area contributed by atoms with Gasteiger partial charge in [-0.15, -0.1) is 0 Å². The molecule has 2 aromatic rings. The summed E-state index contributed by atoms with van der Waals surface area (Å²) < 4.78 is 1.83. The topological polar surface area (TPSA) is 71.0 Å². The van der Waals surface area contributed by atoms with E-state index in [9.17, 15) is 4.79 Å². The number of aryl methyl sites for hydroxylation is 1. The van der Waals surface area contributed by atoms with Gasteiger partial charge >= 0.3 is 0 Å². The number of anilines is 1. The van der Waals surface area contributed by atoms with Crippen molar-refractivity contribution in [2.24, 2.45) is 7.05 Å². The second kappa shape index (κ2) is 6.91. The molecule has 2 rings (SSSR count). The predicted molar refractivity (Wildman–Crippen MR) is 80.8 cm³/mol. The summed E-state index contributed by atoms with van der Waals surface area (Å²) in [4.78, 5) is 11.6. The fraction of sp³-hybridized carbons (Fsp3) is 0.429. The lowest BCUT2D eigenvalue weighted by Gasteiger charge is -2.08. The van der Waals surface area contributed by atoms with Gasteiger partial charge in [0.1, 0.15) is 0 Å². The first-order chi connectivity index (χ1) is 9.70. The molecule has 0 spiro atoms. The van der Waals surface area contributed by atoms with Gasteiger partial charge in [0.05, 0.1) is 18.3 Å². The fourth-order valence-electron chi connectivity index (χ4n) is 1.99. The number of carbonyl (C=O) groups excluding carboxylic acids is 1. The highest BCUT2D eigenvalue weighted by Crippen LogP contribution is 2.17. The highest BCUT2D eigenvalue weighted by Gasteiger charge is 2.03. The molecule has 0 radical (unpaired) electrons. The van der Waals surface area contributed by atoms with Gasteiger partial charge in [0, 0.05) is 31.2 Å². The number of hydrogen-bond acceptors (Lipinski definition) is 4. The van der Waals surface area contributed by atoms with Crippen LogP contribution < -0.4 is 16.0 Å². The fourth-order valence-corrected chi connectivity index (χ4v) is 1.99. The summed E-state index contributed by atoms with van der Waals surface area (Å²) in [5.74, 6) is -0.00538. The summed E-state index contributed by atoms with van der Waals surface area (Å²) in [6.45, 7) is 4.68. The van der Waals surface area contributed by atoms with Crippen LogP contribution in [0.5, 0.6) is 0 Å². The number of rotatable bonds is 7. The van der Waals surface area contributed by atoms with Crippen LogP contribution in [0, 0.1) is 0 Å². The first-order valence-corrected chi connectivity index (χ1v) is 6.83. The first kappa shape index (κ1) is 14.3. The van der Waals surface area contributed by atoms with Crippen molar-refractivity contribution in [1.82, 2.24) is 20.4 Å². The number of benzene rings is 1. The van der Waals surface area contributed by atoms with Gasteiger partial charge < -0.3 is 16.0 Å². The standard InChI is InChI=1S/C14H21N5O/c1-3-15-6-7-16-14(20)10-17-12-4-5-13-11(8-12)9-18-19(13)2/h4-5,8-9,15,17H,3,6-7,10H2,1-2H3,(H,16,20). The number of aromatic nitrogens is 2. The summed E-state index contributed by atoms with van der Waals surface area (Å²) in [5, 5.41) is 14.4. The third kappa shape index (κ3) is 3.71. The van der Waals surface area contributed by atoms with Crippen LogP contribution in [0.15, 0.2) is 24.4 Å². The largest absolute Gasteiger partial charge is 0.376 e. The van der Waals surface area contributed by atoms with Gasteiger partial charge in [-0.25, -0.2) is 0 Å². The van der Waals surface area contributed by atoms with Crippen molar-refractivity contribution in [2.45, 2.75) is 6.92 Å². The van der Waals surface area contributed by atoms with Crippen LogP contribution in [-0.2, 0) is 11.8 Å². The van der Waals surface area contributed by atoms with Crippen LogP contribution in [-0.4, -0.2) is 41.9 Å². The van der Waals surface area contributed by atoms with Crippen LogP contribution in [0.1, 0.15) is 6.92 Å². The molecule has 0 unspecified atom stereocenters. The zero-order chi connectivity index (χ0) is 14.4. The number of likely N-dealkylation sites (N-methyl/N-ethyl adjacent to an activating group) is 1. The highest BCUT2D eigenvalue weighted by molar-refractivity contribution is 5.84. The van der Waals surface area contributed by atoms with Gasteiger partial charge in [-0.05, 0) is 24.7 Å². The maximum absolute atomic E-state index is 11.6. The molecule has 0 atom stereocenters. The molecule has 0 aliphatic heterocycles. The van der Waals surface area contributed by atoms with Crippen molar-refractivity contribution in [2.75, 3.05) is 31.5 Å². The lowest BCUT2D eigenvalue weighted by Crippen LogP contribution is -2.35. The van der Waals surface area contributed by atoms with E-state index in [1.165, 1.54) is 0 Å². The minimum absolute atomic E-state index is 0.00538. The monoisotopic (exact) mass is 275 g/mol. The molecule has 1 heterocycles. The molecule has 1 amide bonds. The van der Waals surface area contributed by atoms with Crippen molar-refractivity contribution in [3.8, 4) is 0 Å². The Kier molecular flexibility index (Phi) is 4.95. The Balaban J connectivity index is 1.81. The molecule has 1 aromatic carbocycles. The molecule has 6 nitrogen and oxygen atoms in total.